The van der Waals surface area contributed by atoms with Gasteiger partial charge in [0.05, 0.1) is 11.1 Å². The molecule has 1 saturated carbocycles. The molecule has 0 bridgehead atoms. The lowest BCUT2D eigenvalue weighted by molar-refractivity contribution is -0.137. The summed E-state index contributed by atoms with van der Waals surface area (Å²) in [6.07, 6.45) is 0.203. The van der Waals surface area contributed by atoms with Gasteiger partial charge in [-0.2, -0.15) is 13.2 Å². The van der Waals surface area contributed by atoms with Gasteiger partial charge in [0.2, 0.25) is 5.91 Å². The summed E-state index contributed by atoms with van der Waals surface area (Å²) in [5.41, 5.74) is -0.439. The summed E-state index contributed by atoms with van der Waals surface area (Å²) in [4.78, 5) is 11.5. The molecule has 102 valence electrons. The molecular weight excluding hydrogens is 255 g/mol. The first kappa shape index (κ1) is 13.6. The Bertz CT molecular complexity index is 498. The lowest BCUT2D eigenvalue weighted by Gasteiger charge is -2.17. The molecule has 0 saturated heterocycles. The summed E-state index contributed by atoms with van der Waals surface area (Å²) < 4.78 is 37.4. The van der Waals surface area contributed by atoms with Crippen LogP contribution in [0.15, 0.2) is 36.4 Å². The van der Waals surface area contributed by atoms with Crippen LogP contribution < -0.4 is 5.32 Å². The molecule has 2 rings (SSSR count). The number of rotatable bonds is 3. The van der Waals surface area contributed by atoms with Crippen molar-refractivity contribution in [2.24, 2.45) is 0 Å². The highest BCUT2D eigenvalue weighted by atomic mass is 19.4. The van der Waals surface area contributed by atoms with Gasteiger partial charge in [-0.1, -0.05) is 18.2 Å². The van der Waals surface area contributed by atoms with Crippen LogP contribution in [0.3, 0.4) is 0 Å². The van der Waals surface area contributed by atoms with Crippen LogP contribution >= 0.6 is 0 Å². The molecule has 1 fully saturated rings. The Balaban J connectivity index is 2.16. The van der Waals surface area contributed by atoms with E-state index in [9.17, 15) is 18.0 Å². The Labute approximate surface area is 109 Å². The number of alkyl halides is 3. The zero-order valence-corrected chi connectivity index (χ0v) is 10.4. The van der Waals surface area contributed by atoms with Gasteiger partial charge in [-0.15, -0.1) is 0 Å². The average molecular weight is 269 g/mol. The number of carbonyl (C=O) groups excluding carboxylic acids is 1. The fourth-order valence-electron chi connectivity index (χ4n) is 2.02. The van der Waals surface area contributed by atoms with Crippen LogP contribution in [0.4, 0.5) is 13.2 Å². The van der Waals surface area contributed by atoms with Crippen molar-refractivity contribution >= 4 is 5.91 Å². The maximum Gasteiger partial charge on any atom is 0.416 e. The number of halogens is 3. The second-order valence-electron chi connectivity index (χ2n) is 4.65. The van der Waals surface area contributed by atoms with Crippen LogP contribution in [0.25, 0.3) is 0 Å². The van der Waals surface area contributed by atoms with Crippen molar-refractivity contribution in [1.29, 1.82) is 0 Å². The number of carbonyl (C=O) groups is 1. The minimum atomic E-state index is -4.33. The second kappa shape index (κ2) is 4.72. The molecule has 1 aromatic carbocycles. The quantitative estimate of drug-likeness (QED) is 0.837. The molecule has 0 aliphatic heterocycles. The summed E-state index contributed by atoms with van der Waals surface area (Å²) in [6, 6.07) is 4.98. The molecule has 5 heteroatoms. The van der Waals surface area contributed by atoms with Crippen molar-refractivity contribution in [3.05, 3.63) is 47.5 Å². The second-order valence-corrected chi connectivity index (χ2v) is 4.65. The van der Waals surface area contributed by atoms with E-state index in [0.717, 1.165) is 30.5 Å². The molecule has 0 heterocycles. The van der Waals surface area contributed by atoms with Crippen molar-refractivity contribution < 1.29 is 18.0 Å². The average Bonchev–Trinajstić information content (AvgIpc) is 3.09. The summed E-state index contributed by atoms with van der Waals surface area (Å²) in [5, 5.41) is 2.84. The van der Waals surface area contributed by atoms with Crippen LogP contribution in [-0.2, 0) is 16.5 Å². The Morgan fingerprint density at radius 1 is 1.26 bits per heavy atom. The summed E-state index contributed by atoms with van der Waals surface area (Å²) in [7, 11) is 0. The van der Waals surface area contributed by atoms with Gasteiger partial charge in [0.25, 0.3) is 0 Å². The highest BCUT2D eigenvalue weighted by molar-refractivity contribution is 5.88. The predicted molar refractivity (Wildman–Crippen MR) is 65.3 cm³/mol. The molecule has 0 radical (unpaired) electrons. The predicted octanol–water partition coefficient (Wildman–Crippen LogP) is 3.39. The van der Waals surface area contributed by atoms with Crippen molar-refractivity contribution in [1.82, 2.24) is 5.32 Å². The van der Waals surface area contributed by atoms with E-state index in [2.05, 4.69) is 5.32 Å². The first-order valence-electron chi connectivity index (χ1n) is 6.00. The molecule has 19 heavy (non-hydrogen) atoms. The third kappa shape index (κ3) is 2.97. The summed E-state index contributed by atoms with van der Waals surface area (Å²) >= 11 is 0. The molecule has 0 unspecified atom stereocenters. The zero-order valence-electron chi connectivity index (χ0n) is 10.4. The van der Waals surface area contributed by atoms with Gasteiger partial charge in [-0.25, -0.2) is 0 Å². The zero-order chi connectivity index (χ0) is 14.1. The first-order chi connectivity index (χ1) is 8.87. The monoisotopic (exact) mass is 269 g/mol. The van der Waals surface area contributed by atoms with E-state index in [-0.39, 0.29) is 5.91 Å². The van der Waals surface area contributed by atoms with Crippen molar-refractivity contribution in [3.63, 3.8) is 0 Å². The lowest BCUT2D eigenvalue weighted by atomic mass is 10.0. The molecule has 2 nitrogen and oxygen atoms in total. The van der Waals surface area contributed by atoms with Crippen LogP contribution in [0.5, 0.6) is 0 Å². The van der Waals surface area contributed by atoms with E-state index in [1.54, 1.807) is 13.0 Å². The van der Waals surface area contributed by atoms with Gasteiger partial charge < -0.3 is 5.32 Å². The third-order valence-electron chi connectivity index (χ3n) is 3.20. The smallest absolute Gasteiger partial charge is 0.343 e. The van der Waals surface area contributed by atoms with Gasteiger partial charge in [-0.05, 0) is 43.5 Å². The number of benzene rings is 1. The standard InChI is InChI=1S/C14H14F3NO/c1-2-3-12(19)18-13(8-9-13)10-4-6-11(7-5-10)14(15,16)17/h2-7H,8-9H2,1H3,(H,18,19)/b3-2+. The summed E-state index contributed by atoms with van der Waals surface area (Å²) in [6.45, 7) is 1.73. The van der Waals surface area contributed by atoms with E-state index < -0.39 is 17.3 Å². The van der Waals surface area contributed by atoms with Gasteiger partial charge in [0, 0.05) is 0 Å². The maximum atomic E-state index is 12.5. The molecule has 1 aliphatic carbocycles. The van der Waals surface area contributed by atoms with E-state index in [0.29, 0.717) is 0 Å². The fraction of sp³-hybridized carbons (Fsp3) is 0.357. The molecule has 0 atom stereocenters. The van der Waals surface area contributed by atoms with Crippen molar-refractivity contribution in [2.45, 2.75) is 31.5 Å². The fourth-order valence-corrected chi connectivity index (χ4v) is 2.02. The normalized spacial score (nSPS) is 17.5. The van der Waals surface area contributed by atoms with Gasteiger partial charge in [-0.3, -0.25) is 4.79 Å². The van der Waals surface area contributed by atoms with Crippen LogP contribution in [0.1, 0.15) is 30.9 Å². The topological polar surface area (TPSA) is 29.1 Å². The van der Waals surface area contributed by atoms with Crippen LogP contribution in [0.2, 0.25) is 0 Å². The van der Waals surface area contributed by atoms with Gasteiger partial charge in [0.15, 0.2) is 0 Å². The van der Waals surface area contributed by atoms with E-state index in [1.807, 2.05) is 0 Å². The third-order valence-corrected chi connectivity index (χ3v) is 3.20. The van der Waals surface area contributed by atoms with E-state index in [4.69, 9.17) is 0 Å². The Morgan fingerprint density at radius 3 is 2.26 bits per heavy atom. The minimum absolute atomic E-state index is 0.222. The highest BCUT2D eigenvalue weighted by Crippen LogP contribution is 2.46. The summed E-state index contributed by atoms with van der Waals surface area (Å²) in [5.74, 6) is -0.222. The number of hydrogen-bond acceptors (Lipinski definition) is 1. The van der Waals surface area contributed by atoms with Crippen molar-refractivity contribution in [2.75, 3.05) is 0 Å². The molecular formula is C14H14F3NO. The van der Waals surface area contributed by atoms with Gasteiger partial charge in [0.1, 0.15) is 0 Å². The molecule has 1 amide bonds. The molecule has 1 aromatic rings. The number of nitrogens with one attached hydrogen (secondary N) is 1. The first-order valence-corrected chi connectivity index (χ1v) is 6.00. The molecule has 0 spiro atoms. The van der Waals surface area contributed by atoms with Crippen LogP contribution in [0, 0.1) is 0 Å². The van der Waals surface area contributed by atoms with E-state index in [1.165, 1.54) is 18.2 Å². The van der Waals surface area contributed by atoms with E-state index >= 15 is 0 Å². The minimum Gasteiger partial charge on any atom is -0.343 e. The number of amides is 1. The molecule has 1 N–H and O–H groups in total. The van der Waals surface area contributed by atoms with Crippen LogP contribution in [-0.4, -0.2) is 5.91 Å². The lowest BCUT2D eigenvalue weighted by Crippen LogP contribution is -2.33. The number of hydrogen-bond donors (Lipinski definition) is 1. The highest BCUT2D eigenvalue weighted by Gasteiger charge is 2.45. The largest absolute Gasteiger partial charge is 0.416 e. The Morgan fingerprint density at radius 2 is 1.84 bits per heavy atom. The van der Waals surface area contributed by atoms with Crippen molar-refractivity contribution in [3.8, 4) is 0 Å². The number of allylic oxidation sites excluding steroid dienone is 1. The SMILES string of the molecule is C/C=C/C(=O)NC1(c2ccc(C(F)(F)F)cc2)CC1. The molecule has 1 aliphatic rings. The van der Waals surface area contributed by atoms with Gasteiger partial charge >= 0.3 is 6.18 Å². The maximum absolute atomic E-state index is 12.5. The Kier molecular flexibility index (Phi) is 3.39. The molecule has 0 aromatic heterocycles. The Hall–Kier alpha value is -1.78.